The highest BCUT2D eigenvalue weighted by atomic mass is 16.6. The van der Waals surface area contributed by atoms with E-state index in [2.05, 4.69) is 6.58 Å². The number of aliphatic carboxylic acids is 1. The van der Waals surface area contributed by atoms with E-state index in [-0.39, 0.29) is 6.54 Å². The Hall–Kier alpha value is -1.52. The fourth-order valence-electron chi connectivity index (χ4n) is 2.55. The van der Waals surface area contributed by atoms with Crippen molar-refractivity contribution in [3.63, 3.8) is 0 Å². The second kappa shape index (κ2) is 6.50. The number of carboxylic acids is 1. The average molecular weight is 297 g/mol. The molecule has 1 fully saturated rings. The molecule has 1 atom stereocenters. The van der Waals surface area contributed by atoms with E-state index in [4.69, 9.17) is 4.74 Å². The Labute approximate surface area is 127 Å². The van der Waals surface area contributed by atoms with Crippen molar-refractivity contribution in [1.29, 1.82) is 0 Å². The van der Waals surface area contributed by atoms with Gasteiger partial charge in [-0.1, -0.05) is 5.57 Å². The van der Waals surface area contributed by atoms with Crippen molar-refractivity contribution in [3.8, 4) is 0 Å². The highest BCUT2D eigenvalue weighted by Crippen LogP contribution is 2.36. The van der Waals surface area contributed by atoms with Crippen LogP contribution < -0.4 is 0 Å². The molecule has 0 spiro atoms. The third-order valence-corrected chi connectivity index (χ3v) is 3.71. The Morgan fingerprint density at radius 1 is 1.38 bits per heavy atom. The van der Waals surface area contributed by atoms with Gasteiger partial charge in [-0.2, -0.15) is 0 Å². The summed E-state index contributed by atoms with van der Waals surface area (Å²) < 4.78 is 5.35. The molecule has 0 saturated carbocycles. The average Bonchev–Trinajstić information content (AvgIpc) is 2.34. The van der Waals surface area contributed by atoms with Crippen LogP contribution in [0.1, 0.15) is 53.4 Å². The molecule has 1 aliphatic rings. The van der Waals surface area contributed by atoms with Crippen molar-refractivity contribution >= 4 is 12.1 Å². The number of hydrogen-bond acceptors (Lipinski definition) is 3. The Morgan fingerprint density at radius 2 is 2.00 bits per heavy atom. The Morgan fingerprint density at radius 3 is 2.48 bits per heavy atom. The van der Waals surface area contributed by atoms with Gasteiger partial charge in [0.15, 0.2) is 0 Å². The SMILES string of the molecule is C=C(C)CCC1(C(=O)O)CCCN(C(=O)OC(C)(C)C)C1. The number of amides is 1. The van der Waals surface area contributed by atoms with E-state index < -0.39 is 23.1 Å². The monoisotopic (exact) mass is 297 g/mol. The minimum Gasteiger partial charge on any atom is -0.481 e. The number of hydrogen-bond donors (Lipinski definition) is 1. The van der Waals surface area contributed by atoms with Crippen LogP contribution in [0.3, 0.4) is 0 Å². The second-order valence-corrected chi connectivity index (χ2v) is 7.05. The molecule has 1 heterocycles. The third kappa shape index (κ3) is 5.06. The molecule has 5 nitrogen and oxygen atoms in total. The van der Waals surface area contributed by atoms with E-state index in [0.717, 1.165) is 5.57 Å². The molecule has 0 radical (unpaired) electrons. The van der Waals surface area contributed by atoms with Crippen molar-refractivity contribution in [2.24, 2.45) is 5.41 Å². The maximum atomic E-state index is 12.2. The van der Waals surface area contributed by atoms with Crippen LogP contribution in [0, 0.1) is 5.41 Å². The van der Waals surface area contributed by atoms with Crippen molar-refractivity contribution < 1.29 is 19.4 Å². The minimum atomic E-state index is -0.881. The van der Waals surface area contributed by atoms with E-state index in [0.29, 0.717) is 32.2 Å². The van der Waals surface area contributed by atoms with E-state index in [1.165, 1.54) is 4.90 Å². The van der Waals surface area contributed by atoms with E-state index in [1.807, 2.05) is 6.92 Å². The van der Waals surface area contributed by atoms with E-state index >= 15 is 0 Å². The van der Waals surface area contributed by atoms with Gasteiger partial charge in [-0.15, -0.1) is 6.58 Å². The number of ether oxygens (including phenoxy) is 1. The summed E-state index contributed by atoms with van der Waals surface area (Å²) >= 11 is 0. The zero-order valence-corrected chi connectivity index (χ0v) is 13.6. The lowest BCUT2D eigenvalue weighted by atomic mass is 9.75. The maximum absolute atomic E-state index is 12.2. The van der Waals surface area contributed by atoms with Gasteiger partial charge in [0.05, 0.1) is 5.41 Å². The summed E-state index contributed by atoms with van der Waals surface area (Å²) in [4.78, 5) is 25.4. The molecule has 1 saturated heterocycles. The standard InChI is InChI=1S/C16H27NO4/c1-12(2)7-9-16(13(18)19)8-6-10-17(11-16)14(20)21-15(3,4)5/h1,6-11H2,2-5H3,(H,18,19). The second-order valence-electron chi connectivity index (χ2n) is 7.05. The van der Waals surface area contributed by atoms with Gasteiger partial charge in [-0.25, -0.2) is 4.79 Å². The predicted molar refractivity (Wildman–Crippen MR) is 81.2 cm³/mol. The van der Waals surface area contributed by atoms with Gasteiger partial charge >= 0.3 is 12.1 Å². The lowest BCUT2D eigenvalue weighted by Gasteiger charge is -2.40. The molecule has 21 heavy (non-hydrogen) atoms. The first-order chi connectivity index (χ1) is 9.56. The number of nitrogens with zero attached hydrogens (tertiary/aromatic N) is 1. The fourth-order valence-corrected chi connectivity index (χ4v) is 2.55. The van der Waals surface area contributed by atoms with Gasteiger partial charge in [0.2, 0.25) is 0 Å². The molecule has 0 bridgehead atoms. The van der Waals surface area contributed by atoms with Gasteiger partial charge in [0, 0.05) is 13.1 Å². The van der Waals surface area contributed by atoms with Gasteiger partial charge in [0.25, 0.3) is 0 Å². The first-order valence-corrected chi connectivity index (χ1v) is 7.41. The largest absolute Gasteiger partial charge is 0.481 e. The summed E-state index contributed by atoms with van der Waals surface area (Å²) in [5, 5.41) is 9.63. The van der Waals surface area contributed by atoms with Crippen LogP contribution in [0.2, 0.25) is 0 Å². The summed E-state index contributed by atoms with van der Waals surface area (Å²) in [7, 11) is 0. The molecular weight excluding hydrogens is 270 g/mol. The molecule has 5 heteroatoms. The highest BCUT2D eigenvalue weighted by Gasteiger charge is 2.43. The van der Waals surface area contributed by atoms with Crippen LogP contribution in [0.4, 0.5) is 4.79 Å². The van der Waals surface area contributed by atoms with Crippen LogP contribution in [0.5, 0.6) is 0 Å². The van der Waals surface area contributed by atoms with Gasteiger partial charge in [0.1, 0.15) is 5.60 Å². The molecule has 1 rings (SSSR count). The Kier molecular flexibility index (Phi) is 5.42. The van der Waals surface area contributed by atoms with Crippen molar-refractivity contribution in [3.05, 3.63) is 12.2 Å². The van der Waals surface area contributed by atoms with Gasteiger partial charge < -0.3 is 14.7 Å². The summed E-state index contributed by atoms with van der Waals surface area (Å²) in [5.41, 5.74) is -0.489. The van der Waals surface area contributed by atoms with Gasteiger partial charge in [-0.3, -0.25) is 4.79 Å². The van der Waals surface area contributed by atoms with Crippen molar-refractivity contribution in [2.45, 2.75) is 59.0 Å². The quantitative estimate of drug-likeness (QED) is 0.807. The molecule has 1 amide bonds. The van der Waals surface area contributed by atoms with Crippen molar-refractivity contribution in [1.82, 2.24) is 4.90 Å². The number of rotatable bonds is 4. The molecule has 0 aliphatic carbocycles. The summed E-state index contributed by atoms with van der Waals surface area (Å²) in [6, 6.07) is 0. The molecule has 1 aliphatic heterocycles. The summed E-state index contributed by atoms with van der Waals surface area (Å²) in [5.74, 6) is -0.836. The number of carbonyl (C=O) groups excluding carboxylic acids is 1. The lowest BCUT2D eigenvalue weighted by molar-refractivity contribution is -0.152. The van der Waals surface area contributed by atoms with Gasteiger partial charge in [-0.05, 0) is 53.4 Å². The molecule has 0 aromatic rings. The van der Waals surface area contributed by atoms with Crippen LogP contribution in [0.25, 0.3) is 0 Å². The highest BCUT2D eigenvalue weighted by molar-refractivity contribution is 5.77. The molecule has 0 aromatic heterocycles. The predicted octanol–water partition coefficient (Wildman–Crippen LogP) is 3.44. The number of likely N-dealkylation sites (tertiary alicyclic amines) is 1. The minimum absolute atomic E-state index is 0.213. The molecular formula is C16H27NO4. The number of allylic oxidation sites excluding steroid dienone is 1. The van der Waals surface area contributed by atoms with E-state index in [9.17, 15) is 14.7 Å². The first kappa shape index (κ1) is 17.5. The van der Waals surface area contributed by atoms with Crippen LogP contribution in [-0.2, 0) is 9.53 Å². The number of carboxylic acid groups (broad SMARTS) is 1. The van der Waals surface area contributed by atoms with Crippen LogP contribution in [-0.4, -0.2) is 40.8 Å². The molecule has 1 unspecified atom stereocenters. The normalized spacial score (nSPS) is 22.8. The Balaban J connectivity index is 2.81. The first-order valence-electron chi connectivity index (χ1n) is 7.41. The molecule has 0 aromatic carbocycles. The van der Waals surface area contributed by atoms with Crippen molar-refractivity contribution in [2.75, 3.05) is 13.1 Å². The summed E-state index contributed by atoms with van der Waals surface area (Å²) in [6.07, 6.45) is 2.02. The third-order valence-electron chi connectivity index (χ3n) is 3.71. The number of piperidine rings is 1. The molecule has 120 valence electrons. The number of carbonyl (C=O) groups is 2. The lowest BCUT2D eigenvalue weighted by Crippen LogP contribution is -2.51. The zero-order chi connectivity index (χ0) is 16.3. The zero-order valence-electron chi connectivity index (χ0n) is 13.6. The summed E-state index contributed by atoms with van der Waals surface area (Å²) in [6.45, 7) is 11.9. The van der Waals surface area contributed by atoms with E-state index in [1.54, 1.807) is 20.8 Å². The maximum Gasteiger partial charge on any atom is 0.410 e. The Bertz CT molecular complexity index is 424. The van der Waals surface area contributed by atoms with Crippen LogP contribution in [0.15, 0.2) is 12.2 Å². The fraction of sp³-hybridized carbons (Fsp3) is 0.750. The molecule has 1 N–H and O–H groups in total. The smallest absolute Gasteiger partial charge is 0.410 e. The van der Waals surface area contributed by atoms with Crippen LogP contribution >= 0.6 is 0 Å². The topological polar surface area (TPSA) is 66.8 Å².